The van der Waals surface area contributed by atoms with Crippen LogP contribution in [0.4, 0.5) is 0 Å². The predicted octanol–water partition coefficient (Wildman–Crippen LogP) is 14.0. The maximum Gasteiger partial charge on any atom is 0.305 e. The first-order valence-electron chi connectivity index (χ1n) is 24.3. The summed E-state index contributed by atoms with van der Waals surface area (Å²) in [5.41, 5.74) is 0. The second-order valence-corrected chi connectivity index (χ2v) is 16.8. The molecule has 0 aromatic heterocycles. The largest absolute Gasteiger partial charge is 0.466 e. The number of carbonyl (C=O) groups excluding carboxylic acids is 2. The van der Waals surface area contributed by atoms with Crippen molar-refractivity contribution in [3.05, 3.63) is 0 Å². The zero-order chi connectivity index (χ0) is 39.4. The molecule has 54 heavy (non-hydrogen) atoms. The lowest BCUT2D eigenvalue weighted by Gasteiger charge is -2.22. The van der Waals surface area contributed by atoms with Gasteiger partial charge in [0.1, 0.15) is 0 Å². The fraction of sp³-hybridized carbons (Fsp3) is 0.958. The van der Waals surface area contributed by atoms with E-state index in [-0.39, 0.29) is 18.5 Å². The Morgan fingerprint density at radius 2 is 0.759 bits per heavy atom. The van der Waals surface area contributed by atoms with Crippen LogP contribution in [-0.4, -0.2) is 47.4 Å². The third kappa shape index (κ3) is 40.5. The van der Waals surface area contributed by atoms with Crippen LogP contribution in [0.5, 0.6) is 0 Å². The van der Waals surface area contributed by atoms with Crippen molar-refractivity contribution in [2.75, 3.05) is 13.2 Å². The maximum absolute atomic E-state index is 12.4. The van der Waals surface area contributed by atoms with Gasteiger partial charge in [-0.15, -0.1) is 0 Å². The van der Waals surface area contributed by atoms with Gasteiger partial charge in [0.05, 0.1) is 25.4 Å². The number of hydrogen-bond acceptors (Lipinski definition) is 5. The molecule has 0 heterocycles. The molecule has 322 valence electrons. The Hall–Kier alpha value is -1.14. The number of amides is 1. The summed E-state index contributed by atoms with van der Waals surface area (Å²) in [5, 5.41) is 23.1. The summed E-state index contributed by atoms with van der Waals surface area (Å²) in [6.07, 6.45) is 47.7. The van der Waals surface area contributed by atoms with E-state index in [1.54, 1.807) is 0 Å². The van der Waals surface area contributed by atoms with Gasteiger partial charge in [0.25, 0.3) is 0 Å². The van der Waals surface area contributed by atoms with Crippen LogP contribution < -0.4 is 5.32 Å². The molecular formula is C48H95NO5. The minimum absolute atomic E-state index is 0.00137. The van der Waals surface area contributed by atoms with E-state index < -0.39 is 12.1 Å². The monoisotopic (exact) mass is 766 g/mol. The van der Waals surface area contributed by atoms with E-state index in [4.69, 9.17) is 4.74 Å². The van der Waals surface area contributed by atoms with Crippen LogP contribution in [0.15, 0.2) is 0 Å². The molecule has 0 aliphatic heterocycles. The molecule has 2 atom stereocenters. The average Bonchev–Trinajstić information content (AvgIpc) is 3.17. The summed E-state index contributed by atoms with van der Waals surface area (Å²) in [4.78, 5) is 24.4. The molecule has 6 heteroatoms. The molecule has 1 amide bonds. The van der Waals surface area contributed by atoms with Crippen molar-refractivity contribution in [3.8, 4) is 0 Å². The standard InChI is InChI=1S/C48H95NO5/c1-3-5-7-9-11-13-15-22-26-30-34-38-42-48(53)54-43-39-35-31-27-23-19-17-16-18-21-25-29-33-37-41-47(52)49-45(44-50)46(51)40-36-32-28-24-20-14-12-10-8-6-4-2/h45-46,50-51H,3-44H2,1-2H3,(H,49,52). The van der Waals surface area contributed by atoms with Crippen LogP contribution >= 0.6 is 0 Å². The Morgan fingerprint density at radius 3 is 1.13 bits per heavy atom. The number of carbonyl (C=O) groups is 2. The quantitative estimate of drug-likeness (QED) is 0.0424. The van der Waals surface area contributed by atoms with Crippen LogP contribution in [0.3, 0.4) is 0 Å². The molecule has 0 rings (SSSR count). The first-order chi connectivity index (χ1) is 26.5. The molecule has 0 fully saturated rings. The van der Waals surface area contributed by atoms with Gasteiger partial charge >= 0.3 is 5.97 Å². The third-order valence-electron chi connectivity index (χ3n) is 11.4. The Morgan fingerprint density at radius 1 is 0.444 bits per heavy atom. The van der Waals surface area contributed by atoms with Crippen molar-refractivity contribution in [2.45, 2.75) is 283 Å². The van der Waals surface area contributed by atoms with E-state index in [2.05, 4.69) is 19.2 Å². The molecule has 6 nitrogen and oxygen atoms in total. The molecule has 3 N–H and O–H groups in total. The molecule has 0 aliphatic carbocycles. The minimum Gasteiger partial charge on any atom is -0.466 e. The van der Waals surface area contributed by atoms with Crippen LogP contribution in [0, 0.1) is 0 Å². The maximum atomic E-state index is 12.4. The Bertz CT molecular complexity index is 761. The SMILES string of the molecule is CCCCCCCCCCCCCCC(=O)OCCCCCCCCCCCCCCCCC(=O)NC(CO)C(O)CCCCCCCCCCCCC. The number of rotatable bonds is 45. The first-order valence-corrected chi connectivity index (χ1v) is 24.3. The van der Waals surface area contributed by atoms with Crippen LogP contribution in [0.1, 0.15) is 271 Å². The van der Waals surface area contributed by atoms with Gasteiger partial charge in [0.15, 0.2) is 0 Å². The van der Waals surface area contributed by atoms with Crippen molar-refractivity contribution in [1.82, 2.24) is 5.32 Å². The molecule has 0 aromatic rings. The fourth-order valence-corrected chi connectivity index (χ4v) is 7.64. The second-order valence-electron chi connectivity index (χ2n) is 16.8. The van der Waals surface area contributed by atoms with Crippen LogP contribution in [-0.2, 0) is 14.3 Å². The van der Waals surface area contributed by atoms with Crippen molar-refractivity contribution < 1.29 is 24.5 Å². The van der Waals surface area contributed by atoms with Crippen molar-refractivity contribution >= 4 is 11.9 Å². The summed E-state index contributed by atoms with van der Waals surface area (Å²) < 4.78 is 5.45. The summed E-state index contributed by atoms with van der Waals surface area (Å²) in [6.45, 7) is 4.92. The van der Waals surface area contributed by atoms with Gasteiger partial charge in [-0.3, -0.25) is 9.59 Å². The number of aliphatic hydroxyl groups excluding tert-OH is 2. The number of aliphatic hydroxyl groups is 2. The number of unbranched alkanes of at least 4 members (excludes halogenated alkanes) is 34. The molecule has 0 saturated heterocycles. The number of hydrogen-bond donors (Lipinski definition) is 3. The van der Waals surface area contributed by atoms with E-state index in [9.17, 15) is 19.8 Å². The Labute approximate surface area is 336 Å². The normalized spacial score (nSPS) is 12.6. The highest BCUT2D eigenvalue weighted by Gasteiger charge is 2.20. The first kappa shape index (κ1) is 52.9. The number of ether oxygens (including phenoxy) is 1. The van der Waals surface area contributed by atoms with E-state index >= 15 is 0 Å². The zero-order valence-corrected chi connectivity index (χ0v) is 36.5. The molecule has 0 bridgehead atoms. The minimum atomic E-state index is -0.667. The molecule has 0 radical (unpaired) electrons. The molecule has 0 aromatic carbocycles. The molecule has 0 spiro atoms. The lowest BCUT2D eigenvalue weighted by atomic mass is 10.0. The highest BCUT2D eigenvalue weighted by atomic mass is 16.5. The third-order valence-corrected chi connectivity index (χ3v) is 11.4. The number of nitrogens with one attached hydrogen (secondary N) is 1. The van der Waals surface area contributed by atoms with Gasteiger partial charge in [-0.2, -0.15) is 0 Å². The summed E-state index contributed by atoms with van der Waals surface area (Å²) in [7, 11) is 0. The topological polar surface area (TPSA) is 95.9 Å². The van der Waals surface area contributed by atoms with E-state index in [1.807, 2.05) is 0 Å². The smallest absolute Gasteiger partial charge is 0.305 e. The average molecular weight is 766 g/mol. The molecule has 0 saturated carbocycles. The molecular weight excluding hydrogens is 671 g/mol. The van der Waals surface area contributed by atoms with Crippen LogP contribution in [0.2, 0.25) is 0 Å². The van der Waals surface area contributed by atoms with E-state index in [1.165, 1.54) is 186 Å². The number of esters is 1. The molecule has 2 unspecified atom stereocenters. The van der Waals surface area contributed by atoms with E-state index in [0.717, 1.165) is 51.4 Å². The summed E-state index contributed by atoms with van der Waals surface area (Å²) in [6, 6.07) is -0.546. The zero-order valence-electron chi connectivity index (χ0n) is 36.5. The summed E-state index contributed by atoms with van der Waals surface area (Å²) >= 11 is 0. The lowest BCUT2D eigenvalue weighted by Crippen LogP contribution is -2.45. The fourth-order valence-electron chi connectivity index (χ4n) is 7.64. The van der Waals surface area contributed by atoms with Gasteiger partial charge in [-0.05, 0) is 25.7 Å². The van der Waals surface area contributed by atoms with Gasteiger partial charge in [-0.25, -0.2) is 0 Å². The van der Waals surface area contributed by atoms with Crippen LogP contribution in [0.25, 0.3) is 0 Å². The van der Waals surface area contributed by atoms with Gasteiger partial charge < -0.3 is 20.3 Å². The lowest BCUT2D eigenvalue weighted by molar-refractivity contribution is -0.143. The highest BCUT2D eigenvalue weighted by molar-refractivity contribution is 5.76. The van der Waals surface area contributed by atoms with E-state index in [0.29, 0.717) is 25.9 Å². The van der Waals surface area contributed by atoms with Gasteiger partial charge in [0.2, 0.25) is 5.91 Å². The van der Waals surface area contributed by atoms with Crippen molar-refractivity contribution in [3.63, 3.8) is 0 Å². The predicted molar refractivity (Wildman–Crippen MR) is 232 cm³/mol. The van der Waals surface area contributed by atoms with Gasteiger partial charge in [0, 0.05) is 12.8 Å². The van der Waals surface area contributed by atoms with Crippen molar-refractivity contribution in [2.24, 2.45) is 0 Å². The highest BCUT2D eigenvalue weighted by Crippen LogP contribution is 2.16. The van der Waals surface area contributed by atoms with Crippen molar-refractivity contribution in [1.29, 1.82) is 0 Å². The Kier molecular flexibility index (Phi) is 43.6. The van der Waals surface area contributed by atoms with Gasteiger partial charge in [-0.1, -0.05) is 232 Å². The second kappa shape index (κ2) is 44.6. The summed E-state index contributed by atoms with van der Waals surface area (Å²) in [5.74, 6) is -0.0470. The Balaban J connectivity index is 3.42. The molecule has 0 aliphatic rings.